The number of hydrogen-bond donors (Lipinski definition) is 1. The maximum absolute atomic E-state index is 9.99. The topological polar surface area (TPSA) is 42.0 Å². The third kappa shape index (κ3) is 2.38. The van der Waals surface area contributed by atoms with Crippen molar-refractivity contribution in [1.29, 1.82) is 0 Å². The van der Waals surface area contributed by atoms with Gasteiger partial charge in [-0.2, -0.15) is 0 Å². The summed E-state index contributed by atoms with van der Waals surface area (Å²) < 4.78 is 0. The third-order valence-electron chi connectivity index (χ3n) is 1.54. The summed E-state index contributed by atoms with van der Waals surface area (Å²) in [6.45, 7) is 2.46. The Morgan fingerprint density at radius 3 is 3.25 bits per heavy atom. The molecule has 0 aliphatic carbocycles. The van der Waals surface area contributed by atoms with Crippen molar-refractivity contribution in [2.45, 2.75) is 13.4 Å². The summed E-state index contributed by atoms with van der Waals surface area (Å²) in [6, 6.07) is 3.86. The standard InChI is InChI=1S/C8H10BN2O/c1-9-7-2-3-11-8(4-7)5-10-6-12/h2-4,6H,5H2,1H3,(H,10,12). The molecule has 1 aromatic rings. The Balaban J connectivity index is 2.65. The Hall–Kier alpha value is -1.32. The summed E-state index contributed by atoms with van der Waals surface area (Å²) in [5, 5.41) is 2.56. The Kier molecular flexibility index (Phi) is 3.32. The summed E-state index contributed by atoms with van der Waals surface area (Å²) in [5.41, 5.74) is 1.99. The minimum Gasteiger partial charge on any atom is -0.353 e. The lowest BCUT2D eigenvalue weighted by molar-refractivity contribution is -0.109. The van der Waals surface area contributed by atoms with Gasteiger partial charge in [0.15, 0.2) is 0 Å². The third-order valence-corrected chi connectivity index (χ3v) is 1.54. The number of amides is 1. The Bertz CT molecular complexity index is 265. The second-order valence-corrected chi connectivity index (χ2v) is 2.37. The van der Waals surface area contributed by atoms with E-state index < -0.39 is 0 Å². The molecule has 1 rings (SSSR count). The molecule has 0 saturated carbocycles. The lowest BCUT2D eigenvalue weighted by atomic mass is 9.74. The zero-order valence-corrected chi connectivity index (χ0v) is 6.95. The molecular weight excluding hydrogens is 151 g/mol. The fourth-order valence-corrected chi connectivity index (χ4v) is 0.919. The van der Waals surface area contributed by atoms with Crippen molar-refractivity contribution in [3.8, 4) is 0 Å². The molecule has 0 aliphatic heterocycles. The predicted octanol–water partition coefficient (Wildman–Crippen LogP) is -0.295. The molecule has 12 heavy (non-hydrogen) atoms. The van der Waals surface area contributed by atoms with Gasteiger partial charge < -0.3 is 5.32 Å². The van der Waals surface area contributed by atoms with Gasteiger partial charge in [-0.3, -0.25) is 9.78 Å². The second kappa shape index (κ2) is 4.54. The first-order chi connectivity index (χ1) is 5.86. The van der Waals surface area contributed by atoms with Gasteiger partial charge in [0.25, 0.3) is 0 Å². The summed E-state index contributed by atoms with van der Waals surface area (Å²) in [7, 11) is 1.99. The van der Waals surface area contributed by atoms with Crippen LogP contribution >= 0.6 is 0 Å². The molecule has 1 amide bonds. The van der Waals surface area contributed by atoms with Crippen LogP contribution < -0.4 is 10.8 Å². The zero-order valence-electron chi connectivity index (χ0n) is 6.95. The summed E-state index contributed by atoms with van der Waals surface area (Å²) >= 11 is 0. The fourth-order valence-electron chi connectivity index (χ4n) is 0.919. The maximum Gasteiger partial charge on any atom is 0.207 e. The Labute approximate surface area is 72.4 Å². The van der Waals surface area contributed by atoms with E-state index in [1.807, 2.05) is 26.2 Å². The average molecular weight is 161 g/mol. The predicted molar refractivity (Wildman–Crippen MR) is 48.4 cm³/mol. The van der Waals surface area contributed by atoms with Crippen LogP contribution in [0.3, 0.4) is 0 Å². The van der Waals surface area contributed by atoms with E-state index in [-0.39, 0.29) is 0 Å². The molecule has 1 heterocycles. The van der Waals surface area contributed by atoms with Crippen LogP contribution in [-0.2, 0) is 11.3 Å². The maximum atomic E-state index is 9.99. The minimum absolute atomic E-state index is 0.491. The van der Waals surface area contributed by atoms with Gasteiger partial charge in [-0.15, -0.1) is 0 Å². The largest absolute Gasteiger partial charge is 0.353 e. The minimum atomic E-state index is 0.491. The van der Waals surface area contributed by atoms with Gasteiger partial charge in [-0.05, 0) is 6.07 Å². The monoisotopic (exact) mass is 161 g/mol. The van der Waals surface area contributed by atoms with Crippen LogP contribution in [0.2, 0.25) is 6.82 Å². The number of pyridine rings is 1. The molecule has 0 atom stereocenters. The fraction of sp³-hybridized carbons (Fsp3) is 0.250. The van der Waals surface area contributed by atoms with Gasteiger partial charge in [0.2, 0.25) is 6.41 Å². The van der Waals surface area contributed by atoms with Crippen molar-refractivity contribution in [2.24, 2.45) is 0 Å². The van der Waals surface area contributed by atoms with Gasteiger partial charge in [-0.25, -0.2) is 0 Å². The van der Waals surface area contributed by atoms with E-state index in [0.717, 1.165) is 11.2 Å². The Morgan fingerprint density at radius 1 is 1.75 bits per heavy atom. The van der Waals surface area contributed by atoms with E-state index >= 15 is 0 Å². The smallest absolute Gasteiger partial charge is 0.207 e. The van der Waals surface area contributed by atoms with E-state index in [2.05, 4.69) is 10.3 Å². The van der Waals surface area contributed by atoms with Crippen molar-refractivity contribution in [3.05, 3.63) is 24.0 Å². The molecule has 1 radical (unpaired) electrons. The number of hydrogen-bond acceptors (Lipinski definition) is 2. The van der Waals surface area contributed by atoms with Crippen LogP contribution in [0.15, 0.2) is 18.3 Å². The van der Waals surface area contributed by atoms with Crippen molar-refractivity contribution in [1.82, 2.24) is 10.3 Å². The summed E-state index contributed by atoms with van der Waals surface area (Å²) in [4.78, 5) is 14.1. The van der Waals surface area contributed by atoms with Crippen LogP contribution in [0.1, 0.15) is 5.69 Å². The van der Waals surface area contributed by atoms with E-state index in [1.165, 1.54) is 0 Å². The van der Waals surface area contributed by atoms with Crippen LogP contribution in [0.4, 0.5) is 0 Å². The van der Waals surface area contributed by atoms with Crippen molar-refractivity contribution in [2.75, 3.05) is 0 Å². The number of nitrogens with one attached hydrogen (secondary N) is 1. The number of carbonyl (C=O) groups excluding carboxylic acids is 1. The van der Waals surface area contributed by atoms with Crippen LogP contribution in [0, 0.1) is 0 Å². The first kappa shape index (κ1) is 8.78. The quantitative estimate of drug-likeness (QED) is 0.486. The molecule has 61 valence electrons. The first-order valence-electron chi connectivity index (χ1n) is 3.78. The van der Waals surface area contributed by atoms with E-state index in [0.29, 0.717) is 13.0 Å². The molecule has 0 bridgehead atoms. The van der Waals surface area contributed by atoms with E-state index in [1.54, 1.807) is 6.20 Å². The number of nitrogens with zero attached hydrogens (tertiary/aromatic N) is 1. The highest BCUT2D eigenvalue weighted by Crippen LogP contribution is 1.89. The Morgan fingerprint density at radius 2 is 2.58 bits per heavy atom. The van der Waals surface area contributed by atoms with Gasteiger partial charge in [0, 0.05) is 6.20 Å². The molecule has 3 nitrogen and oxygen atoms in total. The highest BCUT2D eigenvalue weighted by atomic mass is 16.1. The number of rotatable bonds is 4. The summed E-state index contributed by atoms with van der Waals surface area (Å²) in [6.07, 6.45) is 2.40. The van der Waals surface area contributed by atoms with Crippen molar-refractivity contribution >= 4 is 19.2 Å². The van der Waals surface area contributed by atoms with Gasteiger partial charge >= 0.3 is 0 Å². The molecule has 1 N–H and O–H groups in total. The van der Waals surface area contributed by atoms with Gasteiger partial charge in [-0.1, -0.05) is 18.4 Å². The van der Waals surface area contributed by atoms with E-state index in [4.69, 9.17) is 0 Å². The van der Waals surface area contributed by atoms with Gasteiger partial charge in [0.05, 0.1) is 12.2 Å². The summed E-state index contributed by atoms with van der Waals surface area (Å²) in [5.74, 6) is 0. The molecule has 0 unspecified atom stereocenters. The molecule has 0 fully saturated rings. The molecule has 4 heteroatoms. The number of carbonyl (C=O) groups is 1. The molecule has 1 aromatic heterocycles. The zero-order chi connectivity index (χ0) is 8.81. The molecular formula is C8H10BN2O. The lowest BCUT2D eigenvalue weighted by Crippen LogP contribution is -2.16. The lowest BCUT2D eigenvalue weighted by Gasteiger charge is -2.00. The first-order valence-corrected chi connectivity index (χ1v) is 3.78. The molecule has 0 aliphatic rings. The van der Waals surface area contributed by atoms with Gasteiger partial charge in [0.1, 0.15) is 7.28 Å². The van der Waals surface area contributed by atoms with E-state index in [9.17, 15) is 4.79 Å². The normalized spacial score (nSPS) is 9.08. The van der Waals surface area contributed by atoms with Crippen molar-refractivity contribution < 1.29 is 4.79 Å². The van der Waals surface area contributed by atoms with Crippen LogP contribution in [0.5, 0.6) is 0 Å². The van der Waals surface area contributed by atoms with Crippen LogP contribution in [0.25, 0.3) is 0 Å². The SMILES string of the molecule is C[B]c1ccnc(CNC=O)c1. The van der Waals surface area contributed by atoms with Crippen LogP contribution in [-0.4, -0.2) is 18.7 Å². The highest BCUT2D eigenvalue weighted by Gasteiger charge is 1.94. The second-order valence-electron chi connectivity index (χ2n) is 2.37. The molecule has 0 aromatic carbocycles. The number of aromatic nitrogens is 1. The molecule has 0 spiro atoms. The van der Waals surface area contributed by atoms with Crippen molar-refractivity contribution in [3.63, 3.8) is 0 Å². The average Bonchev–Trinajstić information content (AvgIpc) is 2.15. The molecule has 0 saturated heterocycles. The highest BCUT2D eigenvalue weighted by molar-refractivity contribution is 6.51.